The third kappa shape index (κ3) is 5.52. The van der Waals surface area contributed by atoms with Crippen LogP contribution >= 0.6 is 0 Å². The molecule has 0 radical (unpaired) electrons. The summed E-state index contributed by atoms with van der Waals surface area (Å²) in [6, 6.07) is 13.0. The third-order valence-corrected chi connectivity index (χ3v) is 6.16. The van der Waals surface area contributed by atoms with Crippen LogP contribution in [0.25, 0.3) is 0 Å². The van der Waals surface area contributed by atoms with Gasteiger partial charge in [-0.2, -0.15) is 13.2 Å². The smallest absolute Gasteiger partial charge is 0.416 e. The van der Waals surface area contributed by atoms with Crippen LogP contribution in [0.2, 0.25) is 0 Å². The number of amides is 2. The van der Waals surface area contributed by atoms with Crippen molar-refractivity contribution in [2.75, 3.05) is 20.2 Å². The molecule has 2 aromatic carbocycles. The molecule has 0 unspecified atom stereocenters. The van der Waals surface area contributed by atoms with Gasteiger partial charge >= 0.3 is 12.2 Å². The summed E-state index contributed by atoms with van der Waals surface area (Å²) in [4.78, 5) is 18.8. The van der Waals surface area contributed by atoms with Crippen LogP contribution < -0.4 is 10.1 Å². The predicted molar refractivity (Wildman–Crippen MR) is 122 cm³/mol. The van der Waals surface area contributed by atoms with Gasteiger partial charge in [0.15, 0.2) is 0 Å². The molecule has 3 aromatic rings. The SMILES string of the molecule is COc1ccc(CNC(=O)N2CCC(c3nccn3Cc3ccccc3C(F)(F)F)CC2)cc1. The van der Waals surface area contributed by atoms with E-state index in [1.807, 2.05) is 24.3 Å². The van der Waals surface area contributed by atoms with E-state index >= 15 is 0 Å². The molecule has 9 heteroatoms. The highest BCUT2D eigenvalue weighted by atomic mass is 19.4. The second-order valence-corrected chi connectivity index (χ2v) is 8.34. The maximum Gasteiger partial charge on any atom is 0.416 e. The molecule has 34 heavy (non-hydrogen) atoms. The van der Waals surface area contributed by atoms with Crippen molar-refractivity contribution in [3.05, 3.63) is 83.4 Å². The minimum atomic E-state index is -4.40. The summed E-state index contributed by atoms with van der Waals surface area (Å²) in [5.74, 6) is 1.60. The zero-order valence-electron chi connectivity index (χ0n) is 18.9. The van der Waals surface area contributed by atoms with Gasteiger partial charge in [-0.15, -0.1) is 0 Å². The number of hydrogen-bond donors (Lipinski definition) is 1. The molecule has 0 atom stereocenters. The molecule has 0 spiro atoms. The van der Waals surface area contributed by atoms with Gasteiger partial charge < -0.3 is 19.5 Å². The van der Waals surface area contributed by atoms with Crippen LogP contribution in [0.1, 0.15) is 41.3 Å². The third-order valence-electron chi connectivity index (χ3n) is 6.16. The Morgan fingerprint density at radius 1 is 1.12 bits per heavy atom. The van der Waals surface area contributed by atoms with E-state index in [4.69, 9.17) is 4.74 Å². The minimum Gasteiger partial charge on any atom is -0.497 e. The molecule has 180 valence electrons. The fourth-order valence-corrected chi connectivity index (χ4v) is 4.31. The molecule has 0 bridgehead atoms. The van der Waals surface area contributed by atoms with E-state index in [0.29, 0.717) is 32.5 Å². The first-order chi connectivity index (χ1) is 16.3. The number of carbonyl (C=O) groups is 1. The van der Waals surface area contributed by atoms with Gasteiger partial charge in [-0.3, -0.25) is 0 Å². The standard InChI is InChI=1S/C25H27F3N4O2/c1-34-21-8-6-18(7-9-21)16-30-24(33)31-13-10-19(11-14-31)23-29-12-15-32(23)17-20-4-2-3-5-22(20)25(26,27)28/h2-9,12,15,19H,10-11,13-14,16-17H2,1H3,(H,30,33). The van der Waals surface area contributed by atoms with Crippen LogP contribution in [-0.4, -0.2) is 40.7 Å². The van der Waals surface area contributed by atoms with Gasteiger partial charge in [-0.25, -0.2) is 9.78 Å². The number of rotatable bonds is 6. The predicted octanol–water partition coefficient (Wildman–Crippen LogP) is 5.05. The van der Waals surface area contributed by atoms with Crippen molar-refractivity contribution in [3.8, 4) is 5.75 Å². The number of alkyl halides is 3. The Labute approximate surface area is 196 Å². The molecular weight excluding hydrogens is 445 g/mol. The average molecular weight is 473 g/mol. The molecule has 1 aliphatic heterocycles. The summed E-state index contributed by atoms with van der Waals surface area (Å²) >= 11 is 0. The zero-order valence-corrected chi connectivity index (χ0v) is 18.9. The zero-order chi connectivity index (χ0) is 24.1. The summed E-state index contributed by atoms with van der Waals surface area (Å²) in [6.45, 7) is 1.65. The number of urea groups is 1. The highest BCUT2D eigenvalue weighted by Gasteiger charge is 2.33. The number of ether oxygens (including phenoxy) is 1. The number of imidazole rings is 1. The Bertz CT molecular complexity index is 1100. The van der Waals surface area contributed by atoms with Crippen molar-refractivity contribution in [2.24, 2.45) is 0 Å². The monoisotopic (exact) mass is 472 g/mol. The van der Waals surface area contributed by atoms with Crippen LogP contribution in [-0.2, 0) is 19.3 Å². The number of piperidine rings is 1. The van der Waals surface area contributed by atoms with Crippen LogP contribution in [0.5, 0.6) is 5.75 Å². The molecule has 1 aliphatic rings. The Kier molecular flexibility index (Phi) is 7.09. The lowest BCUT2D eigenvalue weighted by Crippen LogP contribution is -2.44. The molecule has 2 amide bonds. The molecule has 1 fully saturated rings. The summed E-state index contributed by atoms with van der Waals surface area (Å²) in [6.07, 6.45) is 0.347. The molecular formula is C25H27F3N4O2. The van der Waals surface area contributed by atoms with E-state index in [0.717, 1.165) is 23.2 Å². The quantitative estimate of drug-likeness (QED) is 0.546. The first-order valence-corrected chi connectivity index (χ1v) is 11.2. The molecule has 6 nitrogen and oxygen atoms in total. The number of carbonyl (C=O) groups excluding carboxylic acids is 1. The molecule has 0 saturated carbocycles. The number of methoxy groups -OCH3 is 1. The number of aromatic nitrogens is 2. The Morgan fingerprint density at radius 3 is 2.50 bits per heavy atom. The molecule has 0 aliphatic carbocycles. The second-order valence-electron chi connectivity index (χ2n) is 8.34. The lowest BCUT2D eigenvalue weighted by Gasteiger charge is -2.32. The number of nitrogens with zero attached hydrogens (tertiary/aromatic N) is 3. The normalized spacial score (nSPS) is 14.8. The van der Waals surface area contributed by atoms with Crippen LogP contribution in [0.15, 0.2) is 60.9 Å². The van der Waals surface area contributed by atoms with Gasteiger partial charge in [0.05, 0.1) is 12.7 Å². The van der Waals surface area contributed by atoms with Crippen LogP contribution in [0.3, 0.4) is 0 Å². The van der Waals surface area contributed by atoms with E-state index in [1.165, 1.54) is 12.1 Å². The van der Waals surface area contributed by atoms with E-state index in [9.17, 15) is 18.0 Å². The first kappa shape index (κ1) is 23.7. The van der Waals surface area contributed by atoms with Crippen molar-refractivity contribution in [1.29, 1.82) is 0 Å². The fraction of sp³-hybridized carbons (Fsp3) is 0.360. The summed E-state index contributed by atoms with van der Waals surface area (Å²) < 4.78 is 47.1. The number of hydrogen-bond acceptors (Lipinski definition) is 3. The van der Waals surface area contributed by atoms with Crippen molar-refractivity contribution < 1.29 is 22.7 Å². The van der Waals surface area contributed by atoms with Gasteiger partial charge in [0.25, 0.3) is 0 Å². The van der Waals surface area contributed by atoms with Gasteiger partial charge in [0.1, 0.15) is 11.6 Å². The van der Waals surface area contributed by atoms with E-state index in [-0.39, 0.29) is 24.1 Å². The summed E-state index contributed by atoms with van der Waals surface area (Å²) in [5.41, 5.74) is 0.563. The minimum absolute atomic E-state index is 0.0821. The topological polar surface area (TPSA) is 59.4 Å². The van der Waals surface area contributed by atoms with Crippen molar-refractivity contribution in [3.63, 3.8) is 0 Å². The largest absolute Gasteiger partial charge is 0.497 e. The van der Waals surface area contributed by atoms with Gasteiger partial charge in [-0.1, -0.05) is 30.3 Å². The van der Waals surface area contributed by atoms with E-state index in [1.54, 1.807) is 35.0 Å². The fourth-order valence-electron chi connectivity index (χ4n) is 4.31. The number of likely N-dealkylation sites (tertiary alicyclic amines) is 1. The molecule has 1 aromatic heterocycles. The maximum absolute atomic E-state index is 13.4. The van der Waals surface area contributed by atoms with Crippen molar-refractivity contribution in [1.82, 2.24) is 19.8 Å². The summed E-state index contributed by atoms with van der Waals surface area (Å²) in [5, 5.41) is 2.94. The Hall–Kier alpha value is -3.49. The second kappa shape index (κ2) is 10.2. The molecule has 4 rings (SSSR count). The van der Waals surface area contributed by atoms with E-state index < -0.39 is 11.7 Å². The van der Waals surface area contributed by atoms with Gasteiger partial charge in [0.2, 0.25) is 0 Å². The average Bonchev–Trinajstić information content (AvgIpc) is 3.30. The molecule has 2 heterocycles. The van der Waals surface area contributed by atoms with Crippen molar-refractivity contribution >= 4 is 6.03 Å². The van der Waals surface area contributed by atoms with Crippen molar-refractivity contribution in [2.45, 2.75) is 38.0 Å². The Morgan fingerprint density at radius 2 is 1.82 bits per heavy atom. The molecule has 1 N–H and O–H groups in total. The Balaban J connectivity index is 1.34. The van der Waals surface area contributed by atoms with Gasteiger partial charge in [0, 0.05) is 44.5 Å². The van der Waals surface area contributed by atoms with Crippen LogP contribution in [0, 0.1) is 0 Å². The number of benzene rings is 2. The number of halogens is 3. The lowest BCUT2D eigenvalue weighted by atomic mass is 9.96. The first-order valence-electron chi connectivity index (χ1n) is 11.2. The summed E-state index contributed by atoms with van der Waals surface area (Å²) in [7, 11) is 1.61. The van der Waals surface area contributed by atoms with Crippen LogP contribution in [0.4, 0.5) is 18.0 Å². The lowest BCUT2D eigenvalue weighted by molar-refractivity contribution is -0.138. The highest BCUT2D eigenvalue weighted by molar-refractivity contribution is 5.74. The van der Waals surface area contributed by atoms with Gasteiger partial charge in [-0.05, 0) is 42.2 Å². The highest BCUT2D eigenvalue weighted by Crippen LogP contribution is 2.33. The maximum atomic E-state index is 13.4. The number of nitrogens with one attached hydrogen (secondary N) is 1. The molecule has 1 saturated heterocycles. The van der Waals surface area contributed by atoms with E-state index in [2.05, 4.69) is 10.3 Å².